The Kier molecular flexibility index (Phi) is 5.91. The molecule has 1 aliphatic rings. The van der Waals surface area contributed by atoms with Gasteiger partial charge in [-0.2, -0.15) is 0 Å². The Balaban J connectivity index is 1.62. The van der Waals surface area contributed by atoms with E-state index in [0.29, 0.717) is 25.2 Å². The van der Waals surface area contributed by atoms with E-state index in [2.05, 4.69) is 27.1 Å². The first-order valence-electron chi connectivity index (χ1n) is 8.83. The SMILES string of the molecule is CCN1CCN(C(=O)c2ccnc(C(=O)NCc3ccccn3)c2)CC1. The largest absolute Gasteiger partial charge is 0.345 e. The van der Waals surface area contributed by atoms with Gasteiger partial charge < -0.3 is 15.1 Å². The van der Waals surface area contributed by atoms with Crippen LogP contribution >= 0.6 is 0 Å². The second-order valence-corrected chi connectivity index (χ2v) is 6.16. The summed E-state index contributed by atoms with van der Waals surface area (Å²) in [6.07, 6.45) is 3.18. The van der Waals surface area contributed by atoms with E-state index in [1.807, 2.05) is 23.1 Å². The Bertz CT molecular complexity index is 758. The molecule has 0 atom stereocenters. The Labute approximate surface area is 153 Å². The van der Waals surface area contributed by atoms with Gasteiger partial charge in [-0.15, -0.1) is 0 Å². The molecule has 7 heteroatoms. The quantitative estimate of drug-likeness (QED) is 0.873. The summed E-state index contributed by atoms with van der Waals surface area (Å²) in [7, 11) is 0. The van der Waals surface area contributed by atoms with Gasteiger partial charge in [0.15, 0.2) is 0 Å². The van der Waals surface area contributed by atoms with E-state index >= 15 is 0 Å². The molecule has 0 bridgehead atoms. The van der Waals surface area contributed by atoms with Gasteiger partial charge in [0.1, 0.15) is 5.69 Å². The fourth-order valence-corrected chi connectivity index (χ4v) is 2.90. The maximum Gasteiger partial charge on any atom is 0.270 e. The minimum atomic E-state index is -0.318. The molecule has 0 radical (unpaired) electrons. The van der Waals surface area contributed by atoms with Crippen LogP contribution in [-0.2, 0) is 6.54 Å². The van der Waals surface area contributed by atoms with E-state index in [-0.39, 0.29) is 17.5 Å². The molecule has 2 amide bonds. The number of nitrogens with one attached hydrogen (secondary N) is 1. The number of nitrogens with zero attached hydrogens (tertiary/aromatic N) is 4. The van der Waals surface area contributed by atoms with Gasteiger partial charge in [-0.1, -0.05) is 13.0 Å². The summed E-state index contributed by atoms with van der Waals surface area (Å²) in [4.78, 5) is 37.4. The zero-order valence-electron chi connectivity index (χ0n) is 14.9. The van der Waals surface area contributed by atoms with E-state index in [0.717, 1.165) is 25.3 Å². The molecule has 0 saturated carbocycles. The lowest BCUT2D eigenvalue weighted by Crippen LogP contribution is -2.48. The molecule has 1 aliphatic heterocycles. The van der Waals surface area contributed by atoms with Crippen molar-refractivity contribution in [2.75, 3.05) is 32.7 Å². The number of pyridine rings is 2. The van der Waals surface area contributed by atoms with E-state index < -0.39 is 0 Å². The van der Waals surface area contributed by atoms with Crippen molar-refractivity contribution in [3.05, 3.63) is 59.7 Å². The molecule has 7 nitrogen and oxygen atoms in total. The third-order valence-electron chi connectivity index (χ3n) is 4.50. The van der Waals surface area contributed by atoms with E-state index in [1.165, 1.54) is 6.20 Å². The summed E-state index contributed by atoms with van der Waals surface area (Å²) in [5, 5.41) is 2.78. The Morgan fingerprint density at radius 3 is 2.58 bits per heavy atom. The van der Waals surface area contributed by atoms with Crippen LogP contribution in [0, 0.1) is 0 Å². The molecule has 3 heterocycles. The molecule has 0 spiro atoms. The Morgan fingerprint density at radius 2 is 1.88 bits per heavy atom. The third kappa shape index (κ3) is 4.43. The molecule has 136 valence electrons. The van der Waals surface area contributed by atoms with Gasteiger partial charge >= 0.3 is 0 Å². The second-order valence-electron chi connectivity index (χ2n) is 6.16. The summed E-state index contributed by atoms with van der Waals surface area (Å²) in [5.41, 5.74) is 1.49. The van der Waals surface area contributed by atoms with Gasteiger partial charge in [0, 0.05) is 44.1 Å². The number of aromatic nitrogens is 2. The monoisotopic (exact) mass is 353 g/mol. The highest BCUT2D eigenvalue weighted by Crippen LogP contribution is 2.10. The number of piperazine rings is 1. The first-order chi connectivity index (χ1) is 12.7. The summed E-state index contributed by atoms with van der Waals surface area (Å²) in [5.74, 6) is -0.372. The predicted octanol–water partition coefficient (Wildman–Crippen LogP) is 1.18. The van der Waals surface area contributed by atoms with Crippen molar-refractivity contribution in [2.45, 2.75) is 13.5 Å². The van der Waals surface area contributed by atoms with Crippen LogP contribution in [0.5, 0.6) is 0 Å². The van der Waals surface area contributed by atoms with Gasteiger partial charge in [0.05, 0.1) is 12.2 Å². The van der Waals surface area contributed by atoms with Gasteiger partial charge in [0.25, 0.3) is 11.8 Å². The molecule has 1 N–H and O–H groups in total. The molecule has 2 aromatic heterocycles. The summed E-state index contributed by atoms with van der Waals surface area (Å²) >= 11 is 0. The number of hydrogen-bond donors (Lipinski definition) is 1. The van der Waals surface area contributed by atoms with Crippen molar-refractivity contribution >= 4 is 11.8 Å². The molecule has 1 saturated heterocycles. The minimum Gasteiger partial charge on any atom is -0.345 e. The van der Waals surface area contributed by atoms with Crippen LogP contribution in [0.1, 0.15) is 33.5 Å². The van der Waals surface area contributed by atoms with Gasteiger partial charge in [-0.3, -0.25) is 19.6 Å². The third-order valence-corrected chi connectivity index (χ3v) is 4.50. The van der Waals surface area contributed by atoms with Crippen LogP contribution in [0.25, 0.3) is 0 Å². The van der Waals surface area contributed by atoms with Crippen molar-refractivity contribution in [2.24, 2.45) is 0 Å². The summed E-state index contributed by atoms with van der Waals surface area (Å²) in [6, 6.07) is 8.74. The topological polar surface area (TPSA) is 78.4 Å². The highest BCUT2D eigenvalue weighted by molar-refractivity contribution is 5.98. The Morgan fingerprint density at radius 1 is 1.08 bits per heavy atom. The van der Waals surface area contributed by atoms with Crippen LogP contribution in [0.3, 0.4) is 0 Å². The van der Waals surface area contributed by atoms with Crippen LogP contribution in [0.4, 0.5) is 0 Å². The lowest BCUT2D eigenvalue weighted by Gasteiger charge is -2.34. The normalized spacial score (nSPS) is 14.9. The average molecular weight is 353 g/mol. The fraction of sp³-hybridized carbons (Fsp3) is 0.368. The van der Waals surface area contributed by atoms with Gasteiger partial charge in [0.2, 0.25) is 0 Å². The number of carbonyl (C=O) groups is 2. The number of rotatable bonds is 5. The number of carbonyl (C=O) groups excluding carboxylic acids is 2. The summed E-state index contributed by atoms with van der Waals surface area (Å²) in [6.45, 7) is 6.61. The minimum absolute atomic E-state index is 0.0538. The standard InChI is InChI=1S/C19H23N5O2/c1-2-23-9-11-24(12-10-23)19(26)15-6-8-21-17(13-15)18(25)22-14-16-5-3-4-7-20-16/h3-8,13H,2,9-12,14H2,1H3,(H,22,25). The summed E-state index contributed by atoms with van der Waals surface area (Å²) < 4.78 is 0. The van der Waals surface area contributed by atoms with Crippen LogP contribution in [-0.4, -0.2) is 64.3 Å². The van der Waals surface area contributed by atoms with Crippen molar-refractivity contribution in [3.8, 4) is 0 Å². The average Bonchev–Trinajstić information content (AvgIpc) is 2.72. The first kappa shape index (κ1) is 18.0. The van der Waals surface area contributed by atoms with E-state index in [9.17, 15) is 9.59 Å². The molecule has 26 heavy (non-hydrogen) atoms. The molecular weight excluding hydrogens is 330 g/mol. The van der Waals surface area contributed by atoms with Crippen molar-refractivity contribution in [1.82, 2.24) is 25.1 Å². The molecule has 0 aromatic carbocycles. The predicted molar refractivity (Wildman–Crippen MR) is 97.7 cm³/mol. The van der Waals surface area contributed by atoms with E-state index in [1.54, 1.807) is 18.3 Å². The van der Waals surface area contributed by atoms with Crippen molar-refractivity contribution < 1.29 is 9.59 Å². The van der Waals surface area contributed by atoms with Crippen LogP contribution in [0.15, 0.2) is 42.7 Å². The van der Waals surface area contributed by atoms with Gasteiger partial charge in [-0.05, 0) is 30.8 Å². The number of amides is 2. The molecule has 3 rings (SSSR count). The smallest absolute Gasteiger partial charge is 0.270 e. The Hall–Kier alpha value is -2.80. The molecule has 0 aliphatic carbocycles. The number of hydrogen-bond acceptors (Lipinski definition) is 5. The molecular formula is C19H23N5O2. The first-order valence-corrected chi connectivity index (χ1v) is 8.83. The van der Waals surface area contributed by atoms with Crippen molar-refractivity contribution in [1.29, 1.82) is 0 Å². The van der Waals surface area contributed by atoms with Crippen molar-refractivity contribution in [3.63, 3.8) is 0 Å². The number of likely N-dealkylation sites (N-methyl/N-ethyl adjacent to an activating group) is 1. The highest BCUT2D eigenvalue weighted by Gasteiger charge is 2.22. The second kappa shape index (κ2) is 8.53. The maximum atomic E-state index is 12.7. The van der Waals surface area contributed by atoms with Crippen LogP contribution in [0.2, 0.25) is 0 Å². The lowest BCUT2D eigenvalue weighted by atomic mass is 10.1. The molecule has 0 unspecified atom stereocenters. The zero-order valence-corrected chi connectivity index (χ0v) is 14.9. The molecule has 1 fully saturated rings. The highest BCUT2D eigenvalue weighted by atomic mass is 16.2. The zero-order chi connectivity index (χ0) is 18.4. The lowest BCUT2D eigenvalue weighted by molar-refractivity contribution is 0.0643. The van der Waals surface area contributed by atoms with Gasteiger partial charge in [-0.25, -0.2) is 0 Å². The fourth-order valence-electron chi connectivity index (χ4n) is 2.90. The molecule has 2 aromatic rings. The van der Waals surface area contributed by atoms with E-state index in [4.69, 9.17) is 0 Å². The van der Waals surface area contributed by atoms with Crippen LogP contribution < -0.4 is 5.32 Å². The maximum absolute atomic E-state index is 12.7.